The quantitative estimate of drug-likeness (QED) is 0.348. The molecule has 6 nitrogen and oxygen atoms in total. The fourth-order valence-corrected chi connectivity index (χ4v) is 5.16. The van der Waals surface area contributed by atoms with Gasteiger partial charge >= 0.3 is 0 Å². The minimum atomic E-state index is 0.606. The number of nitrogens with zero attached hydrogens (tertiary/aromatic N) is 4. The lowest BCUT2D eigenvalue weighted by Crippen LogP contribution is -2.14. The highest BCUT2D eigenvalue weighted by molar-refractivity contribution is 5.97. The Morgan fingerprint density at radius 1 is 1.12 bits per heavy atom. The van der Waals surface area contributed by atoms with Gasteiger partial charge in [0.05, 0.1) is 5.69 Å². The van der Waals surface area contributed by atoms with Crippen molar-refractivity contribution in [1.82, 2.24) is 19.4 Å². The van der Waals surface area contributed by atoms with Crippen LogP contribution in [0.4, 0.5) is 17.3 Å². The molecule has 176 valence electrons. The summed E-state index contributed by atoms with van der Waals surface area (Å²) in [6.07, 6.45) is 7.11. The maximum atomic E-state index is 6.45. The van der Waals surface area contributed by atoms with Crippen LogP contribution in [0.15, 0.2) is 48.7 Å². The average molecular weight is 455 g/mol. The third-order valence-electron chi connectivity index (χ3n) is 6.83. The van der Waals surface area contributed by atoms with E-state index in [0.29, 0.717) is 5.95 Å². The van der Waals surface area contributed by atoms with Crippen molar-refractivity contribution in [3.8, 4) is 11.3 Å². The van der Waals surface area contributed by atoms with Gasteiger partial charge in [0.25, 0.3) is 0 Å². The first-order chi connectivity index (χ1) is 16.5. The molecule has 0 saturated heterocycles. The monoisotopic (exact) mass is 454 g/mol. The van der Waals surface area contributed by atoms with E-state index < -0.39 is 0 Å². The largest absolute Gasteiger partial charge is 0.398 e. The Morgan fingerprint density at radius 3 is 2.79 bits per heavy atom. The van der Waals surface area contributed by atoms with E-state index in [1.165, 1.54) is 39.7 Å². The highest BCUT2D eigenvalue weighted by Gasteiger charge is 2.23. The fourth-order valence-electron chi connectivity index (χ4n) is 5.16. The van der Waals surface area contributed by atoms with E-state index in [0.717, 1.165) is 55.8 Å². The Kier molecular flexibility index (Phi) is 6.24. The van der Waals surface area contributed by atoms with Crippen molar-refractivity contribution in [2.45, 2.75) is 45.6 Å². The van der Waals surface area contributed by atoms with Crippen LogP contribution in [0.1, 0.15) is 36.6 Å². The Balaban J connectivity index is 1.46. The maximum Gasteiger partial charge on any atom is 0.227 e. The van der Waals surface area contributed by atoms with E-state index in [1.54, 1.807) is 0 Å². The van der Waals surface area contributed by atoms with E-state index in [2.05, 4.69) is 71.1 Å². The third-order valence-corrected chi connectivity index (χ3v) is 6.83. The lowest BCUT2D eigenvalue weighted by atomic mass is 10.0. The van der Waals surface area contributed by atoms with Gasteiger partial charge in [-0.25, -0.2) is 9.97 Å². The third kappa shape index (κ3) is 4.26. The zero-order valence-electron chi connectivity index (χ0n) is 20.4. The van der Waals surface area contributed by atoms with Gasteiger partial charge in [-0.05, 0) is 82.1 Å². The van der Waals surface area contributed by atoms with Crippen molar-refractivity contribution >= 4 is 28.2 Å². The molecule has 2 aromatic heterocycles. The number of nitrogens with two attached hydrogens (primary N) is 1. The molecule has 0 aliphatic carbocycles. The van der Waals surface area contributed by atoms with Crippen molar-refractivity contribution < 1.29 is 0 Å². The number of hydrogen-bond acceptors (Lipinski definition) is 5. The van der Waals surface area contributed by atoms with Crippen LogP contribution in [-0.4, -0.2) is 40.1 Å². The standard InChI is InChI=1S/C28H34N6/c1-4-19-17-20(9-7-15-33(2)3)22(29)18-24(19)32-28-30-14-13-23(31-28)27-21-10-5-6-11-25(21)34-16-8-12-26(27)34/h5-6,10-11,13-14,17-18H,4,7-9,12,15-16,29H2,1-3H3,(H,30,31,32). The molecule has 1 aliphatic heterocycles. The summed E-state index contributed by atoms with van der Waals surface area (Å²) in [6, 6.07) is 15.0. The molecule has 0 bridgehead atoms. The van der Waals surface area contributed by atoms with Crippen LogP contribution in [0.3, 0.4) is 0 Å². The number of anilines is 3. The molecule has 0 spiro atoms. The van der Waals surface area contributed by atoms with Crippen molar-refractivity contribution in [2.24, 2.45) is 0 Å². The first-order valence-electron chi connectivity index (χ1n) is 12.3. The first-order valence-corrected chi connectivity index (χ1v) is 12.3. The molecule has 0 saturated carbocycles. The summed E-state index contributed by atoms with van der Waals surface area (Å²) in [4.78, 5) is 11.7. The molecule has 3 N–H and O–H groups in total. The molecular weight excluding hydrogens is 420 g/mol. The minimum absolute atomic E-state index is 0.606. The Hall–Kier alpha value is -3.38. The number of aryl methyl sites for hydroxylation is 3. The summed E-state index contributed by atoms with van der Waals surface area (Å²) in [7, 11) is 4.21. The molecule has 3 heterocycles. The molecule has 0 atom stereocenters. The number of aromatic nitrogens is 3. The van der Waals surface area contributed by atoms with Gasteiger partial charge in [0.2, 0.25) is 5.95 Å². The van der Waals surface area contributed by atoms with Crippen LogP contribution >= 0.6 is 0 Å². The summed E-state index contributed by atoms with van der Waals surface area (Å²) in [5.41, 5.74) is 15.6. The summed E-state index contributed by atoms with van der Waals surface area (Å²) in [5, 5.41) is 4.73. The van der Waals surface area contributed by atoms with Gasteiger partial charge in [-0.15, -0.1) is 0 Å². The highest BCUT2D eigenvalue weighted by atomic mass is 15.1. The van der Waals surface area contributed by atoms with E-state index in [4.69, 9.17) is 10.7 Å². The summed E-state index contributed by atoms with van der Waals surface area (Å²) >= 11 is 0. The van der Waals surface area contributed by atoms with Crippen LogP contribution in [-0.2, 0) is 25.8 Å². The van der Waals surface area contributed by atoms with Gasteiger partial charge in [-0.1, -0.05) is 31.2 Å². The Labute approximate surface area is 201 Å². The van der Waals surface area contributed by atoms with E-state index in [1.807, 2.05) is 18.3 Å². The number of nitrogens with one attached hydrogen (secondary N) is 1. The predicted octanol–water partition coefficient (Wildman–Crippen LogP) is 5.43. The van der Waals surface area contributed by atoms with E-state index in [-0.39, 0.29) is 0 Å². The lowest BCUT2D eigenvalue weighted by Gasteiger charge is -2.16. The van der Waals surface area contributed by atoms with Gasteiger partial charge in [0, 0.05) is 46.3 Å². The molecule has 0 amide bonds. The van der Waals surface area contributed by atoms with Crippen LogP contribution in [0.2, 0.25) is 0 Å². The first kappa shape index (κ1) is 22.4. The smallest absolute Gasteiger partial charge is 0.227 e. The number of fused-ring (bicyclic) bond motifs is 3. The molecule has 2 aromatic carbocycles. The van der Waals surface area contributed by atoms with Crippen LogP contribution in [0, 0.1) is 0 Å². The summed E-state index contributed by atoms with van der Waals surface area (Å²) in [6.45, 7) is 4.31. The molecule has 6 heteroatoms. The molecule has 0 radical (unpaired) electrons. The van der Waals surface area contributed by atoms with E-state index >= 15 is 0 Å². The zero-order chi connectivity index (χ0) is 23.7. The second-order valence-corrected chi connectivity index (χ2v) is 9.45. The van der Waals surface area contributed by atoms with E-state index in [9.17, 15) is 0 Å². The predicted molar refractivity (Wildman–Crippen MR) is 142 cm³/mol. The summed E-state index contributed by atoms with van der Waals surface area (Å²) in [5.74, 6) is 0.606. The molecule has 5 rings (SSSR count). The number of benzene rings is 2. The average Bonchev–Trinajstić information content (AvgIpc) is 3.41. The SMILES string of the molecule is CCc1cc(CCCN(C)C)c(N)cc1Nc1nccc(-c2c3n(c4ccccc24)CCC3)n1. The van der Waals surface area contributed by atoms with Crippen molar-refractivity contribution in [3.05, 3.63) is 65.5 Å². The lowest BCUT2D eigenvalue weighted by molar-refractivity contribution is 0.400. The van der Waals surface area contributed by atoms with Crippen molar-refractivity contribution in [2.75, 3.05) is 31.7 Å². The second kappa shape index (κ2) is 9.47. The Morgan fingerprint density at radius 2 is 1.97 bits per heavy atom. The van der Waals surface area contributed by atoms with Gasteiger partial charge in [-0.3, -0.25) is 0 Å². The molecule has 1 aliphatic rings. The molecule has 0 unspecified atom stereocenters. The Bertz CT molecular complexity index is 1320. The van der Waals surface area contributed by atoms with Gasteiger partial charge in [0.1, 0.15) is 0 Å². The van der Waals surface area contributed by atoms with Crippen LogP contribution < -0.4 is 11.1 Å². The molecule has 4 aromatic rings. The number of hydrogen-bond donors (Lipinski definition) is 2. The fraction of sp³-hybridized carbons (Fsp3) is 0.357. The highest BCUT2D eigenvalue weighted by Crippen LogP contribution is 2.38. The zero-order valence-corrected chi connectivity index (χ0v) is 20.4. The van der Waals surface area contributed by atoms with Crippen molar-refractivity contribution in [1.29, 1.82) is 0 Å². The molecular formula is C28H34N6. The molecule has 0 fully saturated rings. The normalized spacial score (nSPS) is 13.1. The summed E-state index contributed by atoms with van der Waals surface area (Å²) < 4.78 is 2.45. The van der Waals surface area contributed by atoms with Gasteiger partial charge < -0.3 is 20.5 Å². The number of nitrogen functional groups attached to an aromatic ring is 1. The topological polar surface area (TPSA) is 72.0 Å². The van der Waals surface area contributed by atoms with Gasteiger partial charge in [-0.2, -0.15) is 0 Å². The van der Waals surface area contributed by atoms with Crippen LogP contribution in [0.5, 0.6) is 0 Å². The minimum Gasteiger partial charge on any atom is -0.398 e. The maximum absolute atomic E-state index is 6.45. The van der Waals surface area contributed by atoms with Crippen molar-refractivity contribution in [3.63, 3.8) is 0 Å². The van der Waals surface area contributed by atoms with Gasteiger partial charge in [0.15, 0.2) is 0 Å². The second-order valence-electron chi connectivity index (χ2n) is 9.45. The number of para-hydroxylation sites is 1. The molecule has 34 heavy (non-hydrogen) atoms. The van der Waals surface area contributed by atoms with Crippen LogP contribution in [0.25, 0.3) is 22.2 Å². The number of rotatable bonds is 8.